The van der Waals surface area contributed by atoms with Gasteiger partial charge in [0.05, 0.1) is 11.1 Å². The zero-order chi connectivity index (χ0) is 18.5. The van der Waals surface area contributed by atoms with Crippen LogP contribution in [0.25, 0.3) is 10.9 Å². The number of fused-ring (bicyclic) bond motifs is 1. The quantitative estimate of drug-likeness (QED) is 0.668. The van der Waals surface area contributed by atoms with E-state index < -0.39 is 0 Å². The van der Waals surface area contributed by atoms with Gasteiger partial charge in [-0.3, -0.25) is 9.78 Å². The van der Waals surface area contributed by atoms with Crippen molar-refractivity contribution in [3.05, 3.63) is 57.9 Å². The molecule has 1 amide bonds. The molecule has 0 fully saturated rings. The number of hydrogen-bond donors (Lipinski definition) is 1. The highest BCUT2D eigenvalue weighted by atomic mass is 35.5. The summed E-state index contributed by atoms with van der Waals surface area (Å²) in [7, 11) is 3.99. The van der Waals surface area contributed by atoms with Crippen molar-refractivity contribution in [1.29, 1.82) is 0 Å². The molecule has 1 N–H and O–H groups in total. The normalized spacial score (nSPS) is 12.3. The number of hydrogen-bond acceptors (Lipinski definition) is 5. The third-order valence-electron chi connectivity index (χ3n) is 4.08. The summed E-state index contributed by atoms with van der Waals surface area (Å²) < 4.78 is 5.67. The lowest BCUT2D eigenvalue weighted by atomic mass is 10.1. The van der Waals surface area contributed by atoms with Gasteiger partial charge in [-0.15, -0.1) is 0 Å². The molecular formula is C19H20ClN3O2S. The van der Waals surface area contributed by atoms with E-state index in [0.717, 1.165) is 5.39 Å². The Morgan fingerprint density at radius 3 is 2.92 bits per heavy atom. The largest absolute Gasteiger partial charge is 0.481 e. The van der Waals surface area contributed by atoms with Crippen molar-refractivity contribution in [3.63, 3.8) is 0 Å². The van der Waals surface area contributed by atoms with E-state index in [1.807, 2.05) is 31.6 Å². The number of rotatable bonds is 7. The number of nitrogens with one attached hydrogen (secondary N) is 1. The molecule has 0 aliphatic heterocycles. The molecule has 2 aromatic heterocycles. The molecule has 3 rings (SSSR count). The van der Waals surface area contributed by atoms with Gasteiger partial charge >= 0.3 is 0 Å². The van der Waals surface area contributed by atoms with Gasteiger partial charge in [0.1, 0.15) is 11.3 Å². The topological polar surface area (TPSA) is 54.5 Å². The number of carbonyl (C=O) groups is 1. The summed E-state index contributed by atoms with van der Waals surface area (Å²) in [6, 6.07) is 9.37. The van der Waals surface area contributed by atoms with Crippen LogP contribution in [0.5, 0.6) is 5.75 Å². The molecule has 1 atom stereocenters. The molecule has 1 aromatic carbocycles. The van der Waals surface area contributed by atoms with Crippen LogP contribution in [0.2, 0.25) is 5.02 Å². The molecule has 5 nitrogen and oxygen atoms in total. The summed E-state index contributed by atoms with van der Waals surface area (Å²) in [5.74, 6) is 0.369. The minimum atomic E-state index is -0.175. The highest BCUT2D eigenvalue weighted by Crippen LogP contribution is 2.29. The number of halogens is 1. The predicted octanol–water partition coefficient (Wildman–Crippen LogP) is 3.75. The van der Waals surface area contributed by atoms with Crippen molar-refractivity contribution in [1.82, 2.24) is 15.2 Å². The number of carbonyl (C=O) groups excluding carboxylic acids is 1. The van der Waals surface area contributed by atoms with Crippen molar-refractivity contribution >= 4 is 39.7 Å². The number of amides is 1. The average molecular weight is 390 g/mol. The van der Waals surface area contributed by atoms with Gasteiger partial charge in [0.2, 0.25) is 0 Å². The fourth-order valence-corrected chi connectivity index (χ4v) is 3.62. The second kappa shape index (κ2) is 8.49. The Labute approximate surface area is 161 Å². The van der Waals surface area contributed by atoms with Crippen LogP contribution in [-0.4, -0.2) is 43.0 Å². The molecule has 7 heteroatoms. The molecule has 0 bridgehead atoms. The number of likely N-dealkylation sites (N-methyl/N-ethyl adjacent to an activating group) is 1. The fourth-order valence-electron chi connectivity index (χ4n) is 2.70. The highest BCUT2D eigenvalue weighted by Gasteiger charge is 2.16. The Bertz CT molecular complexity index is 884. The van der Waals surface area contributed by atoms with Crippen molar-refractivity contribution < 1.29 is 9.53 Å². The van der Waals surface area contributed by atoms with E-state index >= 15 is 0 Å². The molecule has 136 valence electrons. The van der Waals surface area contributed by atoms with E-state index in [1.54, 1.807) is 29.7 Å². The van der Waals surface area contributed by atoms with Gasteiger partial charge in [0.15, 0.2) is 6.61 Å². The maximum Gasteiger partial charge on any atom is 0.258 e. The molecule has 0 aliphatic rings. The first-order valence-corrected chi connectivity index (χ1v) is 9.49. The minimum absolute atomic E-state index is 0.0723. The monoisotopic (exact) mass is 389 g/mol. The third kappa shape index (κ3) is 4.33. The zero-order valence-electron chi connectivity index (χ0n) is 14.6. The lowest BCUT2D eigenvalue weighted by molar-refractivity contribution is -0.123. The molecule has 26 heavy (non-hydrogen) atoms. The van der Waals surface area contributed by atoms with E-state index in [0.29, 0.717) is 22.8 Å². The molecular weight excluding hydrogens is 370 g/mol. The third-order valence-corrected chi connectivity index (χ3v) is 5.11. The van der Waals surface area contributed by atoms with Crippen LogP contribution in [0.3, 0.4) is 0 Å². The Kier molecular flexibility index (Phi) is 6.08. The maximum absolute atomic E-state index is 12.2. The van der Waals surface area contributed by atoms with Gasteiger partial charge < -0.3 is 15.0 Å². The van der Waals surface area contributed by atoms with Crippen molar-refractivity contribution in [2.45, 2.75) is 6.04 Å². The van der Waals surface area contributed by atoms with Crippen LogP contribution in [0.4, 0.5) is 0 Å². The second-order valence-corrected chi connectivity index (χ2v) is 7.26. The Morgan fingerprint density at radius 1 is 1.35 bits per heavy atom. The van der Waals surface area contributed by atoms with Crippen molar-refractivity contribution in [2.75, 3.05) is 27.2 Å². The van der Waals surface area contributed by atoms with Gasteiger partial charge in [-0.05, 0) is 60.8 Å². The average Bonchev–Trinajstić information content (AvgIpc) is 3.15. The van der Waals surface area contributed by atoms with Crippen LogP contribution in [0, 0.1) is 0 Å². The number of aromatic nitrogens is 1. The summed E-state index contributed by atoms with van der Waals surface area (Å²) >= 11 is 7.82. The van der Waals surface area contributed by atoms with Crippen molar-refractivity contribution in [2.24, 2.45) is 0 Å². The van der Waals surface area contributed by atoms with Gasteiger partial charge in [0, 0.05) is 18.1 Å². The Balaban J connectivity index is 1.60. The van der Waals surface area contributed by atoms with E-state index in [-0.39, 0.29) is 18.6 Å². The maximum atomic E-state index is 12.2. The summed E-state index contributed by atoms with van der Waals surface area (Å²) in [4.78, 5) is 18.6. The highest BCUT2D eigenvalue weighted by molar-refractivity contribution is 7.08. The zero-order valence-corrected chi connectivity index (χ0v) is 16.2. The smallest absolute Gasteiger partial charge is 0.258 e. The lowest BCUT2D eigenvalue weighted by Gasteiger charge is -2.24. The van der Waals surface area contributed by atoms with Gasteiger partial charge in [-0.25, -0.2) is 0 Å². The summed E-state index contributed by atoms with van der Waals surface area (Å²) in [5, 5.41) is 8.48. The van der Waals surface area contributed by atoms with Crippen LogP contribution < -0.4 is 10.1 Å². The molecule has 2 heterocycles. The minimum Gasteiger partial charge on any atom is -0.481 e. The first-order chi connectivity index (χ1) is 12.6. The molecule has 0 saturated carbocycles. The molecule has 0 saturated heterocycles. The van der Waals surface area contributed by atoms with Gasteiger partial charge in [0.25, 0.3) is 5.91 Å². The predicted molar refractivity (Wildman–Crippen MR) is 106 cm³/mol. The van der Waals surface area contributed by atoms with Crippen LogP contribution >= 0.6 is 22.9 Å². The fraction of sp³-hybridized carbons (Fsp3) is 0.263. The van der Waals surface area contributed by atoms with Gasteiger partial charge in [-0.1, -0.05) is 11.6 Å². The number of thiophene rings is 1. The van der Waals surface area contributed by atoms with E-state index in [2.05, 4.69) is 26.6 Å². The Hall–Kier alpha value is -2.15. The van der Waals surface area contributed by atoms with Crippen LogP contribution in [-0.2, 0) is 4.79 Å². The van der Waals surface area contributed by atoms with E-state index in [4.69, 9.17) is 16.3 Å². The summed E-state index contributed by atoms with van der Waals surface area (Å²) in [5.41, 5.74) is 1.84. The lowest BCUT2D eigenvalue weighted by Crippen LogP contribution is -2.36. The molecule has 0 aliphatic carbocycles. The number of nitrogens with zero attached hydrogens (tertiary/aromatic N) is 2. The van der Waals surface area contributed by atoms with Crippen molar-refractivity contribution in [3.8, 4) is 5.75 Å². The standard InChI is InChI=1S/C19H20ClN3O2S/c1-23(2)16(13-7-9-26-12-13)10-22-18(24)11-25-17-6-5-15(20)14-4-3-8-21-19(14)17/h3-9,12,16H,10-11H2,1-2H3,(H,22,24)/t16-/m1/s1. The molecule has 0 unspecified atom stereocenters. The first-order valence-electron chi connectivity index (χ1n) is 8.17. The Morgan fingerprint density at radius 2 is 2.19 bits per heavy atom. The van der Waals surface area contributed by atoms with E-state index in [1.165, 1.54) is 5.56 Å². The SMILES string of the molecule is CN(C)[C@H](CNC(=O)COc1ccc(Cl)c2cccnc12)c1ccsc1. The van der Waals surface area contributed by atoms with Gasteiger partial charge in [-0.2, -0.15) is 11.3 Å². The second-order valence-electron chi connectivity index (χ2n) is 6.07. The summed E-state index contributed by atoms with van der Waals surface area (Å²) in [6.45, 7) is 0.447. The number of pyridine rings is 1. The first kappa shape index (κ1) is 18.6. The van der Waals surface area contributed by atoms with Crippen LogP contribution in [0.15, 0.2) is 47.3 Å². The molecule has 0 radical (unpaired) electrons. The van der Waals surface area contributed by atoms with Crippen LogP contribution in [0.1, 0.15) is 11.6 Å². The number of ether oxygens (including phenoxy) is 1. The number of benzene rings is 1. The summed E-state index contributed by atoms with van der Waals surface area (Å²) in [6.07, 6.45) is 1.67. The molecule has 0 spiro atoms. The van der Waals surface area contributed by atoms with E-state index in [9.17, 15) is 4.79 Å². The molecule has 3 aromatic rings.